The minimum absolute atomic E-state index is 0.0273. The highest BCUT2D eigenvalue weighted by Crippen LogP contribution is 2.27. The van der Waals surface area contributed by atoms with E-state index in [-0.39, 0.29) is 35.6 Å². The van der Waals surface area contributed by atoms with Crippen LogP contribution in [0.2, 0.25) is 10.0 Å². The first kappa shape index (κ1) is 33.7. The van der Waals surface area contributed by atoms with E-state index in [0.29, 0.717) is 10.6 Å². The number of hydrogen-bond donors (Lipinski definition) is 1. The van der Waals surface area contributed by atoms with Gasteiger partial charge in [0, 0.05) is 33.1 Å². The molecule has 236 valence electrons. The van der Waals surface area contributed by atoms with Gasteiger partial charge < -0.3 is 10.2 Å². The van der Waals surface area contributed by atoms with E-state index in [0.717, 1.165) is 52.3 Å². The highest BCUT2D eigenvalue weighted by molar-refractivity contribution is 7.90. The van der Waals surface area contributed by atoms with Gasteiger partial charge in [-0.25, -0.2) is 8.70 Å². The Bertz CT molecular complexity index is 1550. The molecule has 1 atom stereocenters. The van der Waals surface area contributed by atoms with Crippen molar-refractivity contribution < 1.29 is 22.4 Å². The van der Waals surface area contributed by atoms with Crippen molar-refractivity contribution in [3.05, 3.63) is 99.8 Å². The maximum Gasteiger partial charge on any atom is 0.304 e. The predicted molar refractivity (Wildman–Crippen MR) is 172 cm³/mol. The molecule has 0 spiro atoms. The normalized spacial score (nSPS) is 14.7. The monoisotopic (exact) mass is 662 g/mol. The van der Waals surface area contributed by atoms with Gasteiger partial charge in [-0.3, -0.25) is 9.59 Å². The fraction of sp³-hybridized carbons (Fsp3) is 0.375. The van der Waals surface area contributed by atoms with Crippen LogP contribution in [-0.2, 0) is 32.8 Å². The Morgan fingerprint density at radius 1 is 0.909 bits per heavy atom. The molecule has 3 aromatic carbocycles. The first-order chi connectivity index (χ1) is 21.0. The van der Waals surface area contributed by atoms with Crippen LogP contribution in [0.4, 0.5) is 10.1 Å². The zero-order chi connectivity index (χ0) is 31.9. The summed E-state index contributed by atoms with van der Waals surface area (Å²) >= 11 is 12.5. The number of hydrogen-bond acceptors (Lipinski definition) is 4. The molecule has 1 N–H and O–H groups in total. The smallest absolute Gasteiger partial charge is 0.304 e. The second kappa shape index (κ2) is 15.2. The quantitative estimate of drug-likeness (QED) is 0.264. The Kier molecular flexibility index (Phi) is 11.6. The van der Waals surface area contributed by atoms with Gasteiger partial charge in [0.1, 0.15) is 18.4 Å². The molecule has 0 bridgehead atoms. The van der Waals surface area contributed by atoms with E-state index in [2.05, 4.69) is 5.32 Å². The molecule has 1 aliphatic carbocycles. The van der Waals surface area contributed by atoms with Crippen molar-refractivity contribution >= 4 is 50.9 Å². The Hall–Kier alpha value is -3.18. The lowest BCUT2D eigenvalue weighted by molar-refractivity contribution is -0.140. The van der Waals surface area contributed by atoms with Crippen molar-refractivity contribution in [2.24, 2.45) is 0 Å². The summed E-state index contributed by atoms with van der Waals surface area (Å²) in [4.78, 5) is 29.7. The molecule has 1 aliphatic rings. The number of halogens is 3. The Morgan fingerprint density at radius 2 is 1.57 bits per heavy atom. The molecule has 12 heteroatoms. The summed E-state index contributed by atoms with van der Waals surface area (Å²) in [5.74, 6) is -1.84. The first-order valence-corrected chi connectivity index (χ1v) is 16.6. The highest BCUT2D eigenvalue weighted by Gasteiger charge is 2.36. The van der Waals surface area contributed by atoms with Gasteiger partial charge in [0.05, 0.1) is 15.7 Å². The molecular weight excluding hydrogens is 626 g/mol. The lowest BCUT2D eigenvalue weighted by Crippen LogP contribution is -2.55. The maximum absolute atomic E-state index is 15.0. The molecule has 8 nitrogen and oxygen atoms in total. The van der Waals surface area contributed by atoms with Gasteiger partial charge in [-0.05, 0) is 48.2 Å². The van der Waals surface area contributed by atoms with E-state index in [1.807, 2.05) is 30.3 Å². The van der Waals surface area contributed by atoms with E-state index in [4.69, 9.17) is 23.2 Å². The van der Waals surface area contributed by atoms with Crippen LogP contribution in [0.25, 0.3) is 0 Å². The van der Waals surface area contributed by atoms with Crippen molar-refractivity contribution in [3.63, 3.8) is 0 Å². The van der Waals surface area contributed by atoms with Gasteiger partial charge in [0.15, 0.2) is 0 Å². The van der Waals surface area contributed by atoms with E-state index in [1.54, 1.807) is 18.2 Å². The number of para-hydroxylation sites is 1. The molecule has 0 radical (unpaired) electrons. The van der Waals surface area contributed by atoms with E-state index >= 15 is 4.39 Å². The van der Waals surface area contributed by atoms with Gasteiger partial charge in [-0.1, -0.05) is 91.0 Å². The van der Waals surface area contributed by atoms with Crippen molar-refractivity contribution in [1.29, 1.82) is 0 Å². The summed E-state index contributed by atoms with van der Waals surface area (Å²) in [7, 11) is -1.71. The summed E-state index contributed by atoms with van der Waals surface area (Å²) in [6.45, 7) is -0.816. The minimum atomic E-state index is -4.32. The zero-order valence-corrected chi connectivity index (χ0v) is 27.1. The summed E-state index contributed by atoms with van der Waals surface area (Å²) in [6.07, 6.45) is 4.96. The third kappa shape index (κ3) is 8.50. The van der Waals surface area contributed by atoms with Crippen LogP contribution in [0.1, 0.15) is 43.2 Å². The highest BCUT2D eigenvalue weighted by atomic mass is 35.5. The molecule has 0 heterocycles. The second-order valence-corrected chi connectivity index (χ2v) is 13.9. The number of carbonyl (C=O) groups is 2. The molecule has 44 heavy (non-hydrogen) atoms. The predicted octanol–water partition coefficient (Wildman–Crippen LogP) is 5.83. The Balaban J connectivity index is 1.77. The molecule has 4 rings (SSSR count). The average molecular weight is 664 g/mol. The van der Waals surface area contributed by atoms with Crippen LogP contribution in [0, 0.1) is 5.82 Å². The summed E-state index contributed by atoms with van der Waals surface area (Å²) in [5, 5.41) is 3.74. The number of amides is 2. The van der Waals surface area contributed by atoms with Crippen molar-refractivity contribution in [1.82, 2.24) is 14.5 Å². The number of rotatable bonds is 12. The average Bonchev–Trinajstić information content (AvgIpc) is 3.00. The largest absolute Gasteiger partial charge is 0.352 e. The fourth-order valence-corrected chi connectivity index (χ4v) is 6.67. The van der Waals surface area contributed by atoms with E-state index in [9.17, 15) is 18.0 Å². The summed E-state index contributed by atoms with van der Waals surface area (Å²) < 4.78 is 43.5. The van der Waals surface area contributed by atoms with Gasteiger partial charge in [0.2, 0.25) is 11.8 Å². The van der Waals surface area contributed by atoms with Crippen LogP contribution in [0.5, 0.6) is 0 Å². The topological polar surface area (TPSA) is 90.0 Å². The Morgan fingerprint density at radius 3 is 2.20 bits per heavy atom. The van der Waals surface area contributed by atoms with Crippen molar-refractivity contribution in [2.75, 3.05) is 24.9 Å². The minimum Gasteiger partial charge on any atom is -0.352 e. The van der Waals surface area contributed by atoms with Crippen LogP contribution < -0.4 is 9.62 Å². The van der Waals surface area contributed by atoms with Gasteiger partial charge in [-0.15, -0.1) is 0 Å². The van der Waals surface area contributed by atoms with Gasteiger partial charge in [-0.2, -0.15) is 12.7 Å². The summed E-state index contributed by atoms with van der Waals surface area (Å²) in [5.41, 5.74) is 1.12. The maximum atomic E-state index is 15.0. The molecular formula is C32H37Cl2FN4O4S. The molecule has 2 amide bonds. The number of carbonyl (C=O) groups excluding carboxylic acids is 2. The van der Waals surface area contributed by atoms with Crippen molar-refractivity contribution in [3.8, 4) is 0 Å². The third-order valence-electron chi connectivity index (χ3n) is 7.70. The van der Waals surface area contributed by atoms with Crippen LogP contribution in [0.15, 0.2) is 72.8 Å². The fourth-order valence-electron chi connectivity index (χ4n) is 5.29. The first-order valence-electron chi connectivity index (χ1n) is 14.5. The molecule has 0 aromatic heterocycles. The van der Waals surface area contributed by atoms with Gasteiger partial charge >= 0.3 is 10.2 Å². The Labute approximate surface area is 268 Å². The van der Waals surface area contributed by atoms with Crippen molar-refractivity contribution in [2.45, 2.75) is 57.2 Å². The lowest BCUT2D eigenvalue weighted by atomic mass is 9.94. The standard InChI is InChI=1S/C32H37Cl2FN4O4S/c1-37(2)44(42,43)39(29-16-10-9-15-28(29)35)22-31(40)38(21-24-17-18-26(33)27(34)19-24)30(20-23-11-5-3-6-12-23)32(41)36-25-13-7-4-8-14-25/h3,5-6,9-12,15-19,25,30H,4,7-8,13-14,20-22H2,1-2H3,(H,36,41)/t30-/m0/s1. The summed E-state index contributed by atoms with van der Waals surface area (Å²) in [6, 6.07) is 18.5. The second-order valence-electron chi connectivity index (χ2n) is 11.1. The number of anilines is 1. The molecule has 3 aromatic rings. The molecule has 0 aliphatic heterocycles. The third-order valence-corrected chi connectivity index (χ3v) is 10.2. The van der Waals surface area contributed by atoms with Crippen LogP contribution in [0.3, 0.4) is 0 Å². The van der Waals surface area contributed by atoms with E-state index < -0.39 is 34.5 Å². The molecule has 1 saturated carbocycles. The molecule has 0 unspecified atom stereocenters. The van der Waals surface area contributed by atoms with Crippen LogP contribution >= 0.6 is 23.2 Å². The number of nitrogens with one attached hydrogen (secondary N) is 1. The number of benzene rings is 3. The zero-order valence-electron chi connectivity index (χ0n) is 24.8. The lowest BCUT2D eigenvalue weighted by Gasteiger charge is -2.35. The van der Waals surface area contributed by atoms with E-state index in [1.165, 1.54) is 37.2 Å². The molecule has 0 saturated heterocycles. The van der Waals surface area contributed by atoms with Gasteiger partial charge in [0.25, 0.3) is 0 Å². The number of nitrogens with zero attached hydrogens (tertiary/aromatic N) is 3. The van der Waals surface area contributed by atoms with Crippen LogP contribution in [-0.4, -0.2) is 62.2 Å². The molecule has 1 fully saturated rings. The SMILES string of the molecule is CN(C)S(=O)(=O)N(CC(=O)N(Cc1ccc(Cl)c(Cl)c1)[C@@H](Cc1ccccc1)C(=O)NC1CCCCC1)c1ccccc1F.